The molecule has 0 saturated heterocycles. The Hall–Kier alpha value is -1.95. The fraction of sp³-hybridized carbons (Fsp3) is 0.417. The standard InChI is InChI=1S/C12H14N4O2/c1-7-8(6-17)5-13-16(7)12-14-10-4-2-3-9(10)11(18)15-12/h5,17H,2-4,6H2,1H3,(H,14,15,18). The molecule has 2 heterocycles. The molecule has 1 aliphatic carbocycles. The highest BCUT2D eigenvalue weighted by molar-refractivity contribution is 5.29. The number of nitrogens with one attached hydrogen (secondary N) is 1. The van der Waals surface area contributed by atoms with E-state index in [1.807, 2.05) is 6.92 Å². The van der Waals surface area contributed by atoms with Crippen molar-refractivity contribution in [3.63, 3.8) is 0 Å². The molecule has 0 spiro atoms. The first kappa shape index (κ1) is 11.2. The Labute approximate surface area is 103 Å². The number of nitrogens with zero attached hydrogens (tertiary/aromatic N) is 3. The molecule has 0 fully saturated rings. The van der Waals surface area contributed by atoms with Crippen molar-refractivity contribution < 1.29 is 5.11 Å². The Morgan fingerprint density at radius 1 is 1.50 bits per heavy atom. The van der Waals surface area contributed by atoms with E-state index in [2.05, 4.69) is 15.1 Å². The van der Waals surface area contributed by atoms with Crippen LogP contribution in [0.4, 0.5) is 0 Å². The van der Waals surface area contributed by atoms with E-state index in [4.69, 9.17) is 5.11 Å². The number of aryl methyl sites for hydroxylation is 1. The highest BCUT2D eigenvalue weighted by atomic mass is 16.3. The van der Waals surface area contributed by atoms with Crippen molar-refractivity contribution in [3.05, 3.63) is 39.1 Å². The maximum Gasteiger partial charge on any atom is 0.255 e. The normalized spacial score (nSPS) is 13.9. The smallest absolute Gasteiger partial charge is 0.255 e. The van der Waals surface area contributed by atoms with E-state index >= 15 is 0 Å². The molecule has 2 aromatic heterocycles. The summed E-state index contributed by atoms with van der Waals surface area (Å²) in [5.74, 6) is 0.429. The van der Waals surface area contributed by atoms with Gasteiger partial charge in [-0.05, 0) is 26.2 Å². The summed E-state index contributed by atoms with van der Waals surface area (Å²) in [5.41, 5.74) is 3.12. The fourth-order valence-electron chi connectivity index (χ4n) is 2.34. The van der Waals surface area contributed by atoms with E-state index in [1.54, 1.807) is 10.9 Å². The van der Waals surface area contributed by atoms with Crippen LogP contribution >= 0.6 is 0 Å². The van der Waals surface area contributed by atoms with Crippen molar-refractivity contribution >= 4 is 0 Å². The van der Waals surface area contributed by atoms with Gasteiger partial charge in [0.25, 0.3) is 5.56 Å². The SMILES string of the molecule is Cc1c(CO)cnn1-c1nc2c(c(=O)[nH]1)CCC2. The molecule has 0 unspecified atom stereocenters. The monoisotopic (exact) mass is 246 g/mol. The lowest BCUT2D eigenvalue weighted by Gasteiger charge is -2.06. The van der Waals surface area contributed by atoms with Gasteiger partial charge < -0.3 is 5.11 Å². The zero-order valence-corrected chi connectivity index (χ0v) is 10.1. The van der Waals surface area contributed by atoms with Crippen molar-refractivity contribution in [2.75, 3.05) is 0 Å². The third-order valence-corrected chi connectivity index (χ3v) is 3.41. The second kappa shape index (κ2) is 4.06. The lowest BCUT2D eigenvalue weighted by molar-refractivity contribution is 0.281. The molecule has 18 heavy (non-hydrogen) atoms. The molecular formula is C12H14N4O2. The molecule has 0 radical (unpaired) electrons. The van der Waals surface area contributed by atoms with Gasteiger partial charge in [-0.25, -0.2) is 9.67 Å². The number of hydrogen-bond acceptors (Lipinski definition) is 4. The largest absolute Gasteiger partial charge is 0.392 e. The molecule has 2 N–H and O–H groups in total. The molecule has 0 amide bonds. The number of H-pyrrole nitrogens is 1. The van der Waals surface area contributed by atoms with Crippen LogP contribution in [-0.2, 0) is 19.4 Å². The average molecular weight is 246 g/mol. The van der Waals surface area contributed by atoms with Gasteiger partial charge in [-0.2, -0.15) is 5.10 Å². The molecule has 6 heteroatoms. The zero-order valence-electron chi connectivity index (χ0n) is 10.1. The van der Waals surface area contributed by atoms with Crippen LogP contribution in [0.5, 0.6) is 0 Å². The molecule has 1 aliphatic rings. The van der Waals surface area contributed by atoms with Crippen LogP contribution < -0.4 is 5.56 Å². The highest BCUT2D eigenvalue weighted by Gasteiger charge is 2.18. The van der Waals surface area contributed by atoms with Crippen molar-refractivity contribution in [1.29, 1.82) is 0 Å². The summed E-state index contributed by atoms with van der Waals surface area (Å²) in [7, 11) is 0. The first-order valence-corrected chi connectivity index (χ1v) is 5.97. The molecule has 3 rings (SSSR count). The number of aliphatic hydroxyl groups excluding tert-OH is 1. The first-order chi connectivity index (χ1) is 8.70. The van der Waals surface area contributed by atoms with Gasteiger partial charge in [0.1, 0.15) is 0 Å². The predicted molar refractivity (Wildman–Crippen MR) is 64.7 cm³/mol. The molecule has 0 aromatic carbocycles. The Bertz CT molecular complexity index is 657. The summed E-state index contributed by atoms with van der Waals surface area (Å²) in [6.07, 6.45) is 4.22. The average Bonchev–Trinajstić information content (AvgIpc) is 2.95. The maximum absolute atomic E-state index is 11.9. The van der Waals surface area contributed by atoms with E-state index in [9.17, 15) is 4.79 Å². The van der Waals surface area contributed by atoms with E-state index in [0.717, 1.165) is 41.8 Å². The minimum Gasteiger partial charge on any atom is -0.392 e. The van der Waals surface area contributed by atoms with Gasteiger partial charge in [0.05, 0.1) is 18.5 Å². The van der Waals surface area contributed by atoms with Crippen LogP contribution in [0.15, 0.2) is 11.0 Å². The third-order valence-electron chi connectivity index (χ3n) is 3.41. The first-order valence-electron chi connectivity index (χ1n) is 5.97. The summed E-state index contributed by atoms with van der Waals surface area (Å²) in [4.78, 5) is 19.1. The van der Waals surface area contributed by atoms with Gasteiger partial charge in [-0.3, -0.25) is 9.78 Å². The quantitative estimate of drug-likeness (QED) is 0.795. The highest BCUT2D eigenvalue weighted by Crippen LogP contribution is 2.17. The number of fused-ring (bicyclic) bond motifs is 1. The number of aromatic nitrogens is 4. The predicted octanol–water partition coefficient (Wildman–Crippen LogP) is 0.245. The molecule has 94 valence electrons. The van der Waals surface area contributed by atoms with Crippen LogP contribution in [0.1, 0.15) is 28.9 Å². The van der Waals surface area contributed by atoms with E-state index in [0.29, 0.717) is 5.95 Å². The Morgan fingerprint density at radius 2 is 2.33 bits per heavy atom. The topological polar surface area (TPSA) is 83.8 Å². The fourth-order valence-corrected chi connectivity index (χ4v) is 2.34. The van der Waals surface area contributed by atoms with E-state index < -0.39 is 0 Å². The zero-order chi connectivity index (χ0) is 12.7. The van der Waals surface area contributed by atoms with Crippen LogP contribution in [0.2, 0.25) is 0 Å². The van der Waals surface area contributed by atoms with Gasteiger partial charge in [-0.1, -0.05) is 0 Å². The van der Waals surface area contributed by atoms with Crippen molar-refractivity contribution in [2.24, 2.45) is 0 Å². The molecule has 0 atom stereocenters. The van der Waals surface area contributed by atoms with E-state index in [-0.39, 0.29) is 12.2 Å². The number of aliphatic hydroxyl groups is 1. The van der Waals surface area contributed by atoms with Gasteiger partial charge in [0.2, 0.25) is 5.95 Å². The maximum atomic E-state index is 11.9. The Morgan fingerprint density at radius 3 is 3.06 bits per heavy atom. The second-order valence-electron chi connectivity index (χ2n) is 4.49. The molecule has 6 nitrogen and oxygen atoms in total. The van der Waals surface area contributed by atoms with Crippen LogP contribution in [0.25, 0.3) is 5.95 Å². The summed E-state index contributed by atoms with van der Waals surface area (Å²) >= 11 is 0. The molecule has 2 aromatic rings. The van der Waals surface area contributed by atoms with Crippen molar-refractivity contribution in [3.8, 4) is 5.95 Å². The van der Waals surface area contributed by atoms with Gasteiger partial charge >= 0.3 is 0 Å². The Kier molecular flexibility index (Phi) is 2.52. The Balaban J connectivity index is 2.15. The van der Waals surface area contributed by atoms with Gasteiger partial charge in [-0.15, -0.1) is 0 Å². The third kappa shape index (κ3) is 1.57. The van der Waals surface area contributed by atoms with Gasteiger partial charge in [0.15, 0.2) is 0 Å². The number of hydrogen-bond donors (Lipinski definition) is 2. The minimum absolute atomic E-state index is 0.0684. The van der Waals surface area contributed by atoms with Crippen molar-refractivity contribution in [2.45, 2.75) is 32.8 Å². The molecule has 0 aliphatic heterocycles. The van der Waals surface area contributed by atoms with E-state index in [1.165, 1.54) is 0 Å². The lowest BCUT2D eigenvalue weighted by Crippen LogP contribution is -2.19. The van der Waals surface area contributed by atoms with Gasteiger partial charge in [0, 0.05) is 16.8 Å². The van der Waals surface area contributed by atoms with Crippen molar-refractivity contribution in [1.82, 2.24) is 19.7 Å². The number of aromatic amines is 1. The second-order valence-corrected chi connectivity index (χ2v) is 4.49. The van der Waals surface area contributed by atoms with Crippen LogP contribution in [0, 0.1) is 6.92 Å². The summed E-state index contributed by atoms with van der Waals surface area (Å²) < 4.78 is 1.56. The van der Waals surface area contributed by atoms with Crippen LogP contribution in [-0.4, -0.2) is 24.9 Å². The summed E-state index contributed by atoms with van der Waals surface area (Å²) in [6.45, 7) is 1.77. The number of rotatable bonds is 2. The minimum atomic E-state index is -0.0760. The molecule has 0 bridgehead atoms. The molecule has 0 saturated carbocycles. The van der Waals surface area contributed by atoms with Crippen LogP contribution in [0.3, 0.4) is 0 Å². The lowest BCUT2D eigenvalue weighted by atomic mass is 10.2. The summed E-state index contributed by atoms with van der Waals surface area (Å²) in [6, 6.07) is 0. The summed E-state index contributed by atoms with van der Waals surface area (Å²) in [5, 5.41) is 13.3. The molecular weight excluding hydrogens is 232 g/mol.